The number of rotatable bonds is 8. The van der Waals surface area contributed by atoms with Crippen LogP contribution in [0, 0.1) is 0 Å². The van der Waals surface area contributed by atoms with Crippen molar-refractivity contribution in [2.75, 3.05) is 25.2 Å². The summed E-state index contributed by atoms with van der Waals surface area (Å²) >= 11 is 0. The summed E-state index contributed by atoms with van der Waals surface area (Å²) in [5, 5.41) is 2.82. The van der Waals surface area contributed by atoms with Crippen molar-refractivity contribution in [3.8, 4) is 5.75 Å². The minimum atomic E-state index is -3.56. The molecule has 0 radical (unpaired) electrons. The Labute approximate surface area is 171 Å². The molecule has 2 aromatic rings. The molecule has 7 nitrogen and oxygen atoms in total. The number of hydrogen-bond acceptors (Lipinski definition) is 5. The molecule has 0 atom stereocenters. The molecule has 29 heavy (non-hydrogen) atoms. The van der Waals surface area contributed by atoms with Gasteiger partial charge in [0, 0.05) is 29.9 Å². The van der Waals surface area contributed by atoms with Crippen molar-refractivity contribution in [1.82, 2.24) is 4.31 Å². The molecule has 1 aliphatic rings. The summed E-state index contributed by atoms with van der Waals surface area (Å²) in [7, 11) is -3.56. The number of amides is 1. The van der Waals surface area contributed by atoms with Crippen LogP contribution >= 0.6 is 0 Å². The van der Waals surface area contributed by atoms with Gasteiger partial charge in [-0.1, -0.05) is 13.8 Å². The normalized spacial score (nSPS) is 13.6. The summed E-state index contributed by atoms with van der Waals surface area (Å²) in [4.78, 5) is 12.7. The zero-order valence-corrected chi connectivity index (χ0v) is 17.5. The van der Waals surface area contributed by atoms with E-state index in [4.69, 9.17) is 9.47 Å². The molecule has 0 aliphatic carbocycles. The molecule has 0 fully saturated rings. The Bertz CT molecular complexity index is 952. The second-order valence-electron chi connectivity index (χ2n) is 6.82. The van der Waals surface area contributed by atoms with E-state index in [1.165, 1.54) is 28.6 Å². The maximum atomic E-state index is 12.8. The van der Waals surface area contributed by atoms with Crippen molar-refractivity contribution >= 4 is 21.6 Å². The highest BCUT2D eigenvalue weighted by Gasteiger charge is 2.23. The lowest BCUT2D eigenvalue weighted by molar-refractivity contribution is -0.0163. The highest BCUT2D eigenvalue weighted by Crippen LogP contribution is 2.27. The Morgan fingerprint density at radius 3 is 2.41 bits per heavy atom. The third-order valence-electron chi connectivity index (χ3n) is 4.57. The number of carbonyl (C=O) groups is 1. The molecule has 1 amide bonds. The van der Waals surface area contributed by atoms with E-state index in [9.17, 15) is 13.2 Å². The van der Waals surface area contributed by atoms with Gasteiger partial charge in [-0.25, -0.2) is 8.42 Å². The number of nitrogens with zero attached hydrogens (tertiary/aromatic N) is 1. The summed E-state index contributed by atoms with van der Waals surface area (Å²) < 4.78 is 37.7. The van der Waals surface area contributed by atoms with Gasteiger partial charge in [0.15, 0.2) is 6.79 Å². The molecule has 0 aromatic heterocycles. The highest BCUT2D eigenvalue weighted by atomic mass is 32.2. The number of nitrogens with one attached hydrogen (secondary N) is 1. The molecule has 0 saturated carbocycles. The first-order valence-corrected chi connectivity index (χ1v) is 11.1. The minimum absolute atomic E-state index is 0.194. The highest BCUT2D eigenvalue weighted by molar-refractivity contribution is 7.89. The van der Waals surface area contributed by atoms with Crippen LogP contribution in [0.15, 0.2) is 47.4 Å². The smallest absolute Gasteiger partial charge is 0.255 e. The third-order valence-corrected chi connectivity index (χ3v) is 6.49. The molecule has 3 rings (SSSR count). The molecule has 0 saturated heterocycles. The van der Waals surface area contributed by atoms with Crippen LogP contribution in [0.2, 0.25) is 0 Å². The Morgan fingerprint density at radius 2 is 1.76 bits per heavy atom. The van der Waals surface area contributed by atoms with Crippen molar-refractivity contribution in [2.45, 2.75) is 38.2 Å². The average Bonchev–Trinajstić information content (AvgIpc) is 2.73. The van der Waals surface area contributed by atoms with Gasteiger partial charge in [0.05, 0.1) is 11.5 Å². The summed E-state index contributed by atoms with van der Waals surface area (Å²) in [5.41, 5.74) is 1.87. The first kappa shape index (κ1) is 21.3. The Morgan fingerprint density at radius 1 is 1.07 bits per heavy atom. The molecular weight excluding hydrogens is 392 g/mol. The SMILES string of the molecule is CCCN(CCC)S(=O)(=O)c1ccc(C(=O)Nc2ccc3c(c2)COCO3)cc1. The Balaban J connectivity index is 1.73. The van der Waals surface area contributed by atoms with Gasteiger partial charge in [0.1, 0.15) is 5.75 Å². The fraction of sp³-hybridized carbons (Fsp3) is 0.381. The van der Waals surface area contributed by atoms with Crippen LogP contribution in [0.25, 0.3) is 0 Å². The predicted octanol–water partition coefficient (Wildman–Crippen LogP) is 3.62. The van der Waals surface area contributed by atoms with E-state index in [0.29, 0.717) is 30.9 Å². The van der Waals surface area contributed by atoms with E-state index in [1.54, 1.807) is 18.2 Å². The zero-order chi connectivity index (χ0) is 20.9. The molecule has 156 valence electrons. The zero-order valence-electron chi connectivity index (χ0n) is 16.7. The van der Waals surface area contributed by atoms with Gasteiger partial charge in [0.2, 0.25) is 10.0 Å². The van der Waals surface area contributed by atoms with E-state index in [2.05, 4.69) is 5.32 Å². The maximum Gasteiger partial charge on any atom is 0.255 e. The van der Waals surface area contributed by atoms with Gasteiger partial charge >= 0.3 is 0 Å². The third kappa shape index (κ3) is 4.95. The summed E-state index contributed by atoms with van der Waals surface area (Å²) in [6.45, 7) is 5.50. The fourth-order valence-corrected chi connectivity index (χ4v) is 4.77. The Kier molecular flexibility index (Phi) is 6.89. The molecule has 1 aliphatic heterocycles. The molecule has 2 aromatic carbocycles. The first-order valence-electron chi connectivity index (χ1n) is 9.70. The lowest BCUT2D eigenvalue weighted by Gasteiger charge is -2.21. The van der Waals surface area contributed by atoms with Gasteiger partial charge in [-0.15, -0.1) is 0 Å². The van der Waals surface area contributed by atoms with Crippen LogP contribution in [0.3, 0.4) is 0 Å². The van der Waals surface area contributed by atoms with Crippen LogP contribution in [0.5, 0.6) is 5.75 Å². The van der Waals surface area contributed by atoms with E-state index in [1.807, 2.05) is 13.8 Å². The number of carbonyl (C=O) groups excluding carboxylic acids is 1. The van der Waals surface area contributed by atoms with E-state index >= 15 is 0 Å². The van der Waals surface area contributed by atoms with E-state index in [-0.39, 0.29) is 17.6 Å². The standard InChI is InChI=1S/C21H26N2O5S/c1-3-11-23(12-4-2)29(25,26)19-8-5-16(6-9-19)21(24)22-18-7-10-20-17(13-18)14-27-15-28-20/h5-10,13H,3-4,11-12,14-15H2,1-2H3,(H,22,24). The summed E-state index contributed by atoms with van der Waals surface area (Å²) in [5.74, 6) is 0.429. The molecule has 0 spiro atoms. The van der Waals surface area contributed by atoms with Crippen molar-refractivity contribution in [2.24, 2.45) is 0 Å². The second-order valence-corrected chi connectivity index (χ2v) is 8.75. The van der Waals surface area contributed by atoms with Gasteiger partial charge in [0.25, 0.3) is 5.91 Å². The van der Waals surface area contributed by atoms with E-state index < -0.39 is 10.0 Å². The summed E-state index contributed by atoms with van der Waals surface area (Å²) in [6, 6.07) is 11.4. The molecule has 0 unspecified atom stereocenters. The van der Waals surface area contributed by atoms with Crippen LogP contribution < -0.4 is 10.1 Å². The maximum absolute atomic E-state index is 12.8. The van der Waals surface area contributed by atoms with Crippen molar-refractivity contribution in [3.05, 3.63) is 53.6 Å². The monoisotopic (exact) mass is 418 g/mol. The van der Waals surface area contributed by atoms with Gasteiger partial charge in [-0.2, -0.15) is 4.31 Å². The number of sulfonamides is 1. The van der Waals surface area contributed by atoms with Gasteiger partial charge in [-0.3, -0.25) is 4.79 Å². The predicted molar refractivity (Wildman–Crippen MR) is 110 cm³/mol. The van der Waals surface area contributed by atoms with Crippen LogP contribution in [-0.4, -0.2) is 38.5 Å². The number of benzene rings is 2. The lowest BCUT2D eigenvalue weighted by atomic mass is 10.1. The molecule has 1 N–H and O–H groups in total. The number of fused-ring (bicyclic) bond motifs is 1. The quantitative estimate of drug-likeness (QED) is 0.708. The second kappa shape index (κ2) is 9.39. The topological polar surface area (TPSA) is 84.9 Å². The van der Waals surface area contributed by atoms with Crippen LogP contribution in [0.4, 0.5) is 5.69 Å². The number of hydrogen-bond donors (Lipinski definition) is 1. The van der Waals surface area contributed by atoms with Crippen molar-refractivity contribution < 1.29 is 22.7 Å². The average molecular weight is 419 g/mol. The first-order chi connectivity index (χ1) is 14.0. The molecule has 1 heterocycles. The van der Waals surface area contributed by atoms with E-state index in [0.717, 1.165) is 24.2 Å². The molecule has 0 bridgehead atoms. The Hall–Kier alpha value is -2.42. The van der Waals surface area contributed by atoms with Crippen LogP contribution in [0.1, 0.15) is 42.6 Å². The lowest BCUT2D eigenvalue weighted by Crippen LogP contribution is -2.32. The van der Waals surface area contributed by atoms with Crippen molar-refractivity contribution in [3.63, 3.8) is 0 Å². The van der Waals surface area contributed by atoms with Crippen LogP contribution in [-0.2, 0) is 21.4 Å². The van der Waals surface area contributed by atoms with Gasteiger partial charge in [-0.05, 0) is 55.3 Å². The molecular formula is C21H26N2O5S. The number of ether oxygens (including phenoxy) is 2. The minimum Gasteiger partial charge on any atom is -0.467 e. The summed E-state index contributed by atoms with van der Waals surface area (Å²) in [6.07, 6.45) is 1.49. The van der Waals surface area contributed by atoms with Crippen molar-refractivity contribution in [1.29, 1.82) is 0 Å². The molecule has 8 heteroatoms. The van der Waals surface area contributed by atoms with Gasteiger partial charge < -0.3 is 14.8 Å². The largest absolute Gasteiger partial charge is 0.467 e. The number of anilines is 1. The fourth-order valence-electron chi connectivity index (χ4n) is 3.15.